The van der Waals surface area contributed by atoms with Gasteiger partial charge in [0.1, 0.15) is 17.5 Å². The highest BCUT2D eigenvalue weighted by Crippen LogP contribution is 2.30. The van der Waals surface area contributed by atoms with Crippen molar-refractivity contribution < 1.29 is 26.4 Å². The van der Waals surface area contributed by atoms with Crippen LogP contribution in [0.3, 0.4) is 0 Å². The molecule has 0 radical (unpaired) electrons. The summed E-state index contributed by atoms with van der Waals surface area (Å²) < 4.78 is 70.6. The van der Waals surface area contributed by atoms with E-state index in [0.717, 1.165) is 0 Å². The Morgan fingerprint density at radius 1 is 0.860 bits per heavy atom. The predicted octanol–water partition coefficient (Wildman–Crippen LogP) is 5.86. The zero-order valence-electron chi connectivity index (χ0n) is 23.3. The summed E-state index contributed by atoms with van der Waals surface area (Å²) in [5, 5.41) is 6.05. The molecule has 6 nitrogen and oxygen atoms in total. The SMILES string of the molecule is O=C(CC(c1ccc(F)cc1)c1ccc(F)cc1)Nc1cccc(F)c1CC[C@@H]1CNCCN1S(=O)(=O)c1ccccc1. The number of sulfonamides is 1. The minimum absolute atomic E-state index is 0.0527. The summed E-state index contributed by atoms with van der Waals surface area (Å²) >= 11 is 0. The molecule has 0 spiro atoms. The third-order valence-corrected chi connectivity index (χ3v) is 9.67. The number of carbonyl (C=O) groups is 1. The highest BCUT2D eigenvalue weighted by Gasteiger charge is 2.33. The maximum absolute atomic E-state index is 15.1. The highest BCUT2D eigenvalue weighted by molar-refractivity contribution is 7.89. The van der Waals surface area contributed by atoms with E-state index in [-0.39, 0.29) is 29.8 Å². The number of benzene rings is 4. The fourth-order valence-electron chi connectivity index (χ4n) is 5.48. The van der Waals surface area contributed by atoms with Crippen molar-refractivity contribution in [1.29, 1.82) is 0 Å². The van der Waals surface area contributed by atoms with Gasteiger partial charge in [0, 0.05) is 49.3 Å². The summed E-state index contributed by atoms with van der Waals surface area (Å²) in [6.45, 7) is 1.21. The van der Waals surface area contributed by atoms with Gasteiger partial charge in [0.05, 0.1) is 4.90 Å². The smallest absolute Gasteiger partial charge is 0.243 e. The van der Waals surface area contributed by atoms with Crippen LogP contribution in [0.2, 0.25) is 0 Å². The summed E-state index contributed by atoms with van der Waals surface area (Å²) in [6.07, 6.45) is 0.467. The fourth-order valence-corrected chi connectivity index (χ4v) is 7.15. The molecule has 1 atom stereocenters. The van der Waals surface area contributed by atoms with E-state index in [1.165, 1.54) is 40.7 Å². The summed E-state index contributed by atoms with van der Waals surface area (Å²) in [5.74, 6) is -2.24. The number of carbonyl (C=O) groups excluding carboxylic acids is 1. The number of halogens is 3. The molecule has 0 saturated carbocycles. The van der Waals surface area contributed by atoms with Crippen molar-refractivity contribution in [1.82, 2.24) is 9.62 Å². The van der Waals surface area contributed by atoms with E-state index in [2.05, 4.69) is 10.6 Å². The molecule has 1 amide bonds. The summed E-state index contributed by atoms with van der Waals surface area (Å²) in [5.41, 5.74) is 1.92. The molecule has 0 unspecified atom stereocenters. The molecule has 4 aromatic carbocycles. The van der Waals surface area contributed by atoms with Crippen molar-refractivity contribution in [3.05, 3.63) is 131 Å². The van der Waals surface area contributed by atoms with Gasteiger partial charge >= 0.3 is 0 Å². The van der Waals surface area contributed by atoms with Crippen LogP contribution in [0.4, 0.5) is 18.9 Å². The van der Waals surface area contributed by atoms with Gasteiger partial charge in [0.15, 0.2) is 0 Å². The quantitative estimate of drug-likeness (QED) is 0.237. The topological polar surface area (TPSA) is 78.5 Å². The Morgan fingerprint density at radius 3 is 2.12 bits per heavy atom. The number of anilines is 1. The summed E-state index contributed by atoms with van der Waals surface area (Å²) in [7, 11) is -3.74. The number of piperazine rings is 1. The van der Waals surface area contributed by atoms with Crippen LogP contribution in [-0.4, -0.2) is 44.3 Å². The van der Waals surface area contributed by atoms with Gasteiger partial charge in [-0.15, -0.1) is 0 Å². The van der Waals surface area contributed by atoms with Crippen LogP contribution in [0.1, 0.15) is 35.4 Å². The van der Waals surface area contributed by atoms with Gasteiger partial charge in [0.2, 0.25) is 15.9 Å². The van der Waals surface area contributed by atoms with Crippen LogP contribution in [0.15, 0.2) is 102 Å². The molecule has 43 heavy (non-hydrogen) atoms. The van der Waals surface area contributed by atoms with Gasteiger partial charge in [-0.25, -0.2) is 21.6 Å². The lowest BCUT2D eigenvalue weighted by Gasteiger charge is -2.35. The maximum Gasteiger partial charge on any atom is 0.243 e. The lowest BCUT2D eigenvalue weighted by Crippen LogP contribution is -2.53. The number of nitrogens with one attached hydrogen (secondary N) is 2. The lowest BCUT2D eigenvalue weighted by molar-refractivity contribution is -0.116. The minimum Gasteiger partial charge on any atom is -0.326 e. The third kappa shape index (κ3) is 7.33. The molecule has 1 heterocycles. The molecule has 0 aromatic heterocycles. The molecule has 2 N–H and O–H groups in total. The number of hydrogen-bond acceptors (Lipinski definition) is 4. The predicted molar refractivity (Wildman–Crippen MR) is 160 cm³/mol. The lowest BCUT2D eigenvalue weighted by atomic mass is 9.88. The average molecular weight is 608 g/mol. The summed E-state index contributed by atoms with van der Waals surface area (Å²) in [4.78, 5) is 13.5. The van der Waals surface area contributed by atoms with Gasteiger partial charge in [-0.05, 0) is 72.5 Å². The van der Waals surface area contributed by atoms with E-state index in [4.69, 9.17) is 0 Å². The number of rotatable bonds is 10. The molecular weight excluding hydrogens is 575 g/mol. The molecule has 5 rings (SSSR count). The molecule has 1 aliphatic heterocycles. The molecule has 0 bridgehead atoms. The van der Waals surface area contributed by atoms with Crippen molar-refractivity contribution in [2.75, 3.05) is 25.0 Å². The van der Waals surface area contributed by atoms with E-state index in [0.29, 0.717) is 36.3 Å². The van der Waals surface area contributed by atoms with Crippen LogP contribution in [-0.2, 0) is 21.2 Å². The second kappa shape index (κ2) is 13.5. The van der Waals surface area contributed by atoms with E-state index < -0.39 is 45.3 Å². The van der Waals surface area contributed by atoms with Crippen molar-refractivity contribution in [3.8, 4) is 0 Å². The Hall–Kier alpha value is -3.99. The zero-order valence-corrected chi connectivity index (χ0v) is 24.2. The maximum atomic E-state index is 15.1. The van der Waals surface area contributed by atoms with Crippen molar-refractivity contribution in [2.24, 2.45) is 0 Å². The molecule has 10 heteroatoms. The molecule has 1 aliphatic rings. The van der Waals surface area contributed by atoms with E-state index >= 15 is 4.39 Å². The van der Waals surface area contributed by atoms with Gasteiger partial charge in [0.25, 0.3) is 0 Å². The van der Waals surface area contributed by atoms with Crippen LogP contribution < -0.4 is 10.6 Å². The van der Waals surface area contributed by atoms with Gasteiger partial charge in [-0.2, -0.15) is 4.31 Å². The van der Waals surface area contributed by atoms with Crippen LogP contribution >= 0.6 is 0 Å². The van der Waals surface area contributed by atoms with Crippen molar-refractivity contribution in [3.63, 3.8) is 0 Å². The van der Waals surface area contributed by atoms with Gasteiger partial charge < -0.3 is 10.6 Å². The fraction of sp³-hybridized carbons (Fsp3) is 0.242. The Balaban J connectivity index is 1.33. The van der Waals surface area contributed by atoms with Crippen LogP contribution in [0.25, 0.3) is 0 Å². The Labute approximate surface area is 249 Å². The second-order valence-corrected chi connectivity index (χ2v) is 12.4. The minimum atomic E-state index is -3.74. The van der Waals surface area contributed by atoms with E-state index in [1.807, 2.05) is 0 Å². The number of nitrogens with zero attached hydrogens (tertiary/aromatic N) is 1. The Bertz CT molecular complexity index is 1610. The summed E-state index contributed by atoms with van der Waals surface area (Å²) in [6, 6.07) is 23.8. The van der Waals surface area contributed by atoms with Crippen molar-refractivity contribution >= 4 is 21.6 Å². The van der Waals surface area contributed by atoms with Crippen molar-refractivity contribution in [2.45, 2.75) is 36.1 Å². The first-order valence-electron chi connectivity index (χ1n) is 14.1. The molecule has 0 aliphatic carbocycles. The number of hydrogen-bond donors (Lipinski definition) is 2. The average Bonchev–Trinajstić information content (AvgIpc) is 3.01. The first-order valence-corrected chi connectivity index (χ1v) is 15.5. The van der Waals surface area contributed by atoms with Gasteiger partial charge in [-0.1, -0.05) is 48.5 Å². The monoisotopic (exact) mass is 607 g/mol. The van der Waals surface area contributed by atoms with Crippen LogP contribution in [0, 0.1) is 17.5 Å². The number of amides is 1. The van der Waals surface area contributed by atoms with E-state index in [1.54, 1.807) is 60.7 Å². The van der Waals surface area contributed by atoms with Gasteiger partial charge in [-0.3, -0.25) is 4.79 Å². The highest BCUT2D eigenvalue weighted by atomic mass is 32.2. The standard InChI is InChI=1S/C33H32F3N3O3S/c34-25-13-9-23(10-14-25)30(24-11-15-26(35)16-12-24)21-33(40)38-32-8-4-7-31(36)29(32)18-17-27-22-37-19-20-39(27)43(41,42)28-5-2-1-3-6-28/h1-16,27,30,37H,17-22H2,(H,38,40)/t27-/m1/s1. The normalized spacial score (nSPS) is 15.9. The Morgan fingerprint density at radius 2 is 1.49 bits per heavy atom. The molecule has 224 valence electrons. The molecule has 1 saturated heterocycles. The van der Waals surface area contributed by atoms with Crippen LogP contribution in [0.5, 0.6) is 0 Å². The molecule has 4 aromatic rings. The first kappa shape index (κ1) is 30.5. The van der Waals surface area contributed by atoms with E-state index in [9.17, 15) is 22.0 Å². The second-order valence-electron chi connectivity index (χ2n) is 10.5. The molecular formula is C33H32F3N3O3S. The first-order chi connectivity index (χ1) is 20.7. The third-order valence-electron chi connectivity index (χ3n) is 7.70. The zero-order chi connectivity index (χ0) is 30.4. The molecule has 1 fully saturated rings. The largest absolute Gasteiger partial charge is 0.326 e. The Kier molecular flexibility index (Phi) is 9.59.